The van der Waals surface area contributed by atoms with E-state index < -0.39 is 83.4 Å². The number of halogens is 8. The molecule has 724 valence electrons. The molecular weight excluding hydrogens is 2090 g/mol. The number of benzene rings is 5. The van der Waals surface area contributed by atoms with Gasteiger partial charge < -0.3 is 25.2 Å². The van der Waals surface area contributed by atoms with Crippen molar-refractivity contribution in [1.29, 1.82) is 0 Å². The van der Waals surface area contributed by atoms with Crippen LogP contribution in [0.3, 0.4) is 0 Å². The Hall–Kier alpha value is -0.368. The number of aryl methyl sites for hydroxylation is 2. The number of ether oxygens (including phenoxy) is 1. The van der Waals surface area contributed by atoms with E-state index in [0.29, 0.717) is 70.8 Å². The van der Waals surface area contributed by atoms with E-state index in [1.54, 1.807) is 7.11 Å². The molecule has 8 aliphatic rings. The molecule has 0 radical (unpaired) electrons. The van der Waals surface area contributed by atoms with Gasteiger partial charge in [-0.3, -0.25) is 20.0 Å². The van der Waals surface area contributed by atoms with Crippen LogP contribution in [0.4, 0.5) is 0 Å². The van der Waals surface area contributed by atoms with Crippen molar-refractivity contribution in [3.05, 3.63) is 134 Å². The van der Waals surface area contributed by atoms with Gasteiger partial charge in [-0.2, -0.15) is 0 Å². The molecule has 21 heteroatoms. The van der Waals surface area contributed by atoms with Crippen LogP contribution in [0.25, 0.3) is 11.1 Å². The molecule has 0 aliphatic heterocycles. The third-order valence-corrected chi connectivity index (χ3v) is 28.5. The summed E-state index contributed by atoms with van der Waals surface area (Å²) in [5.74, 6) is 4.62. The number of phenolic OH excluding ortho intramolecular Hbond substituents is 4. The minimum absolute atomic E-state index is 0.416. The number of phenols is 4. The van der Waals surface area contributed by atoms with Crippen molar-refractivity contribution >= 4 is 93.0 Å². The summed E-state index contributed by atoms with van der Waals surface area (Å²) in [5, 5.41) is 44.8. The van der Waals surface area contributed by atoms with Crippen LogP contribution in [-0.2, 0) is 83.4 Å². The number of hydrogen-bond acceptors (Lipinski definition) is 9. The van der Waals surface area contributed by atoms with Gasteiger partial charge in [0.2, 0.25) is 0 Å². The predicted molar refractivity (Wildman–Crippen MR) is 553 cm³/mol. The van der Waals surface area contributed by atoms with Gasteiger partial charge in [-0.25, -0.2) is 0 Å². The Labute approximate surface area is 865 Å². The van der Waals surface area contributed by atoms with E-state index in [4.69, 9.17) is 92.8 Å². The van der Waals surface area contributed by atoms with Gasteiger partial charge in [0.15, 0.2) is 0 Å². The molecular formula is C109H166Cl8N4O5Zr4. The van der Waals surface area contributed by atoms with Crippen LogP contribution < -0.4 is 4.74 Å². The Bertz CT molecular complexity index is 3660. The van der Waals surface area contributed by atoms with Gasteiger partial charge in [-0.15, -0.1) is 0 Å². The fourth-order valence-corrected chi connectivity index (χ4v) is 21.1. The normalized spacial score (nSPS) is 19.9. The summed E-state index contributed by atoms with van der Waals surface area (Å²) in [6.45, 7) is 4.33. The number of hydrogen-bond donors (Lipinski definition) is 4. The van der Waals surface area contributed by atoms with E-state index in [0.717, 1.165) is 39.1 Å². The summed E-state index contributed by atoms with van der Waals surface area (Å²) >= 11 is -3.30. The van der Waals surface area contributed by atoms with Crippen LogP contribution in [0.2, 0.25) is 0 Å². The Kier molecular flexibility index (Phi) is 70.4. The molecule has 0 aromatic heterocycles. The number of nitrogens with zero attached hydrogens (tertiary/aromatic N) is 4. The molecule has 130 heavy (non-hydrogen) atoms. The first-order valence-corrected chi connectivity index (χ1v) is 77.0. The zero-order chi connectivity index (χ0) is 93.1. The van der Waals surface area contributed by atoms with Crippen molar-refractivity contribution < 1.29 is 109 Å². The van der Waals surface area contributed by atoms with Crippen LogP contribution in [0.1, 0.15) is 490 Å². The Balaban J connectivity index is 0.000000256. The topological polar surface area (TPSA) is 140 Å². The Morgan fingerprint density at radius 1 is 0.246 bits per heavy atom. The maximum absolute atomic E-state index is 11.4. The van der Waals surface area contributed by atoms with Crippen molar-refractivity contribution in [2.75, 3.05) is 7.11 Å². The summed E-state index contributed by atoms with van der Waals surface area (Å²) in [6, 6.07) is 29.5. The first-order valence-electron chi connectivity index (χ1n) is 51.7. The second-order valence-corrected chi connectivity index (χ2v) is 53.4. The third-order valence-electron chi connectivity index (χ3n) is 28.5. The SMILES string of the molecule is COc1cc(C=NC2CCCCC2)c(O)c(C2CCCCCCCCCCC2)c1.Cc1cc(C=NC2CCCCC2)c(O)c(C2CCCCCCCCCCC2)c1.Cc1cc(C=NC2CCCCC2)c(O)c(C2CCCCCCCCCCC2)c1.Oc1c(C=NC2CCCCC2)cc(-c2ccccc2)cc1C1CCCCCCCCCCC1.[Cl][Zr][Cl].[Cl][Zr][Cl].[Cl][Zr][Cl].[Cl][Zr][Cl]. The van der Waals surface area contributed by atoms with Gasteiger partial charge in [0.1, 0.15) is 28.7 Å². The summed E-state index contributed by atoms with van der Waals surface area (Å²) in [4.78, 5) is 19.4. The van der Waals surface area contributed by atoms with Crippen molar-refractivity contribution in [3.63, 3.8) is 0 Å². The molecule has 0 heterocycles. The summed E-state index contributed by atoms with van der Waals surface area (Å²) in [6.07, 6.45) is 91.4. The van der Waals surface area contributed by atoms with Gasteiger partial charge in [0.05, 0.1) is 7.11 Å². The molecule has 8 fully saturated rings. The average Bonchev–Trinajstić information content (AvgIpc) is 0.922. The van der Waals surface area contributed by atoms with Crippen LogP contribution >= 0.6 is 68.1 Å². The zero-order valence-corrected chi connectivity index (χ0v) is 96.1. The van der Waals surface area contributed by atoms with E-state index in [1.165, 1.54) is 444 Å². The molecule has 0 bridgehead atoms. The maximum atomic E-state index is 11.4. The molecule has 9 nitrogen and oxygen atoms in total. The Morgan fingerprint density at radius 2 is 0.438 bits per heavy atom. The first-order chi connectivity index (χ1) is 63.7. The molecule has 0 amide bonds. The molecule has 13 rings (SSSR count). The minimum atomic E-state index is -0.826. The van der Waals surface area contributed by atoms with Crippen LogP contribution in [0.15, 0.2) is 98.8 Å². The van der Waals surface area contributed by atoms with Crippen LogP contribution in [-0.4, -0.2) is 76.6 Å². The van der Waals surface area contributed by atoms with Crippen molar-refractivity contribution in [3.8, 4) is 39.9 Å². The Morgan fingerprint density at radius 3 is 0.677 bits per heavy atom. The predicted octanol–water partition coefficient (Wildman–Crippen LogP) is 37.9. The van der Waals surface area contributed by atoms with E-state index >= 15 is 0 Å². The zero-order valence-electron chi connectivity index (χ0n) is 80.2. The molecule has 4 N–H and O–H groups in total. The number of methoxy groups -OCH3 is 1. The van der Waals surface area contributed by atoms with Crippen LogP contribution in [0, 0.1) is 13.8 Å². The monoisotopic (exact) mass is 2250 g/mol. The summed E-state index contributed by atoms with van der Waals surface area (Å²) in [7, 11) is 41.2. The quantitative estimate of drug-likeness (QED) is 0.0820. The van der Waals surface area contributed by atoms with Gasteiger partial charge >= 0.3 is 151 Å². The summed E-state index contributed by atoms with van der Waals surface area (Å²) in [5.41, 5.74) is 13.1. The molecule has 8 saturated carbocycles. The van der Waals surface area contributed by atoms with Gasteiger partial charge in [0, 0.05) is 76.8 Å². The van der Waals surface area contributed by atoms with E-state index in [9.17, 15) is 20.4 Å². The fraction of sp³-hybridized carbons (Fsp3) is 0.688. The molecule has 0 spiro atoms. The van der Waals surface area contributed by atoms with Gasteiger partial charge in [-0.1, -0.05) is 351 Å². The van der Waals surface area contributed by atoms with Gasteiger partial charge in [-0.05, 0) is 216 Å². The fourth-order valence-electron chi connectivity index (χ4n) is 21.1. The average molecular weight is 2260 g/mol. The standard InChI is InChI=1S/C31H43NO.C26H41NO2.2C26H41NO.8ClH.4Zr/c33-31-28(24-32-29-20-14-9-15-21-29)22-27(25-16-12-8-13-17-25)23-30(31)26-18-10-6-4-2-1-3-5-7-11-19-26;1-29-24-18-22(20-27-23-16-12-9-13-17-23)26(28)25(19-24)21-14-10-7-5-3-2-4-6-8-11-15-21;2*1-21-18-23(20-27-24-16-12-9-13-17-24)26(28)25(19-21)22-14-10-7-5-3-2-4-6-8-11-15-22;;;;;;;;;;;;/h8,12-13,16-17,22-24,26,29,33H,1-7,9-11,14-15,18-21H2;18-21,23,28H,2-17H2,1H3;2*18-20,22,24,28H,2-17H2,1H3;8*1H;;;;/q;;;;;;;;;;;;4*+2/p-8. The van der Waals surface area contributed by atoms with E-state index in [-0.39, 0.29) is 0 Å². The van der Waals surface area contributed by atoms with Crippen LogP contribution in [0.5, 0.6) is 28.7 Å². The molecule has 0 atom stereocenters. The van der Waals surface area contributed by atoms with Gasteiger partial charge in [0.25, 0.3) is 0 Å². The second-order valence-electron chi connectivity index (χ2n) is 38.5. The molecule has 0 saturated heterocycles. The molecule has 5 aromatic rings. The number of rotatable bonds is 14. The summed E-state index contributed by atoms with van der Waals surface area (Å²) < 4.78 is 5.60. The third kappa shape index (κ3) is 50.3. The van der Waals surface area contributed by atoms with Crippen molar-refractivity contribution in [1.82, 2.24) is 0 Å². The first kappa shape index (κ1) is 118. The van der Waals surface area contributed by atoms with Crippen molar-refractivity contribution in [2.45, 2.75) is 473 Å². The second kappa shape index (κ2) is 77.3. The number of aliphatic imine (C=N–C) groups is 4. The molecule has 5 aromatic carbocycles. The molecule has 8 aliphatic carbocycles. The van der Waals surface area contributed by atoms with E-state index in [2.05, 4.69) is 86.6 Å². The van der Waals surface area contributed by atoms with Crippen molar-refractivity contribution in [2.24, 2.45) is 20.0 Å². The number of aromatic hydroxyl groups is 4. The van der Waals surface area contributed by atoms with E-state index in [1.807, 2.05) is 30.9 Å². The molecule has 0 unspecified atom stereocenters.